The number of allylic oxidation sites excluding steroid dienone is 3. The summed E-state index contributed by atoms with van der Waals surface area (Å²) in [6.07, 6.45) is 7.83. The summed E-state index contributed by atoms with van der Waals surface area (Å²) in [5, 5.41) is 8.99. The summed E-state index contributed by atoms with van der Waals surface area (Å²) in [5.41, 5.74) is 5.54. The Bertz CT molecular complexity index is 874. The van der Waals surface area contributed by atoms with Crippen LogP contribution in [0.25, 0.3) is 0 Å². The molecule has 2 aliphatic carbocycles. The molecule has 2 aliphatic rings. The van der Waals surface area contributed by atoms with Crippen LogP contribution in [0.4, 0.5) is 0 Å². The molecular weight excluding hydrogens is 372 g/mol. The normalized spacial score (nSPS) is 29.6. The molecule has 1 saturated carbocycles. The zero-order chi connectivity index (χ0) is 22.3. The molecule has 0 heterocycles. The predicted molar refractivity (Wildman–Crippen MR) is 123 cm³/mol. The van der Waals surface area contributed by atoms with Gasteiger partial charge < -0.3 is 9.84 Å². The maximum Gasteiger partial charge on any atom is 0.328 e. The van der Waals surface area contributed by atoms with E-state index in [1.54, 1.807) is 0 Å². The van der Waals surface area contributed by atoms with Crippen molar-refractivity contribution in [3.63, 3.8) is 0 Å². The molecule has 1 aromatic rings. The molecule has 3 nitrogen and oxygen atoms in total. The van der Waals surface area contributed by atoms with Gasteiger partial charge in [0.2, 0.25) is 0 Å². The van der Waals surface area contributed by atoms with Gasteiger partial charge >= 0.3 is 5.97 Å². The lowest BCUT2D eigenvalue weighted by Crippen LogP contribution is -2.34. The third-order valence-electron chi connectivity index (χ3n) is 7.68. The molecule has 1 fully saturated rings. The van der Waals surface area contributed by atoms with Crippen LogP contribution < -0.4 is 0 Å². The van der Waals surface area contributed by atoms with E-state index in [1.165, 1.54) is 35.6 Å². The highest BCUT2D eigenvalue weighted by Crippen LogP contribution is 2.61. The molecule has 1 N–H and O–H groups in total. The van der Waals surface area contributed by atoms with Crippen LogP contribution in [0.2, 0.25) is 0 Å². The Balaban J connectivity index is 1.97. The molecule has 3 atom stereocenters. The highest BCUT2D eigenvalue weighted by atomic mass is 16.5. The molecule has 0 unspecified atom stereocenters. The second kappa shape index (κ2) is 8.00. The van der Waals surface area contributed by atoms with Gasteiger partial charge in [0.15, 0.2) is 0 Å². The lowest BCUT2D eigenvalue weighted by molar-refractivity contribution is -0.131. The van der Waals surface area contributed by atoms with Crippen molar-refractivity contribution >= 4 is 5.97 Å². The molecule has 30 heavy (non-hydrogen) atoms. The van der Waals surface area contributed by atoms with Crippen molar-refractivity contribution in [3.8, 4) is 0 Å². The lowest BCUT2D eigenvalue weighted by atomic mass is 9.62. The first kappa shape index (κ1) is 22.8. The number of carboxylic acid groups (broad SMARTS) is 1. The number of aliphatic carboxylic acids is 1. The molecule has 3 heteroatoms. The average Bonchev–Trinajstić information content (AvgIpc) is 3.25. The first-order valence-corrected chi connectivity index (χ1v) is 11.3. The van der Waals surface area contributed by atoms with Crippen LogP contribution in [0.3, 0.4) is 0 Å². The van der Waals surface area contributed by atoms with Crippen LogP contribution in [-0.2, 0) is 25.8 Å². The van der Waals surface area contributed by atoms with E-state index in [0.29, 0.717) is 18.4 Å². The number of hydrogen-bond acceptors (Lipinski definition) is 2. The summed E-state index contributed by atoms with van der Waals surface area (Å²) in [7, 11) is 0. The van der Waals surface area contributed by atoms with Gasteiger partial charge in [0.05, 0.1) is 6.61 Å². The molecule has 164 valence electrons. The van der Waals surface area contributed by atoms with Crippen molar-refractivity contribution in [2.45, 2.75) is 77.6 Å². The fraction of sp³-hybridized carbons (Fsp3) is 0.593. The molecule has 0 bridgehead atoms. The quantitative estimate of drug-likeness (QED) is 0.432. The van der Waals surface area contributed by atoms with E-state index in [4.69, 9.17) is 9.84 Å². The van der Waals surface area contributed by atoms with E-state index in [9.17, 15) is 4.79 Å². The van der Waals surface area contributed by atoms with Crippen molar-refractivity contribution in [1.29, 1.82) is 0 Å². The van der Waals surface area contributed by atoms with Gasteiger partial charge in [-0.2, -0.15) is 0 Å². The second-order valence-corrected chi connectivity index (χ2v) is 10.7. The Labute approximate surface area is 182 Å². The van der Waals surface area contributed by atoms with Crippen LogP contribution in [0.15, 0.2) is 42.0 Å². The molecule has 0 aromatic heterocycles. The maximum absolute atomic E-state index is 10.9. The molecule has 3 rings (SSSR count). The first-order valence-electron chi connectivity index (χ1n) is 11.3. The summed E-state index contributed by atoms with van der Waals surface area (Å²) in [5.74, 6) is -0.149. The third-order valence-corrected chi connectivity index (χ3v) is 7.68. The van der Waals surface area contributed by atoms with Gasteiger partial charge in [-0.1, -0.05) is 65.0 Å². The van der Waals surface area contributed by atoms with Gasteiger partial charge in [-0.3, -0.25) is 0 Å². The number of fused-ring (bicyclic) bond motifs is 1. The second-order valence-electron chi connectivity index (χ2n) is 10.7. The molecular formula is C27H38O3. The number of carboxylic acids is 1. The van der Waals surface area contributed by atoms with Gasteiger partial charge in [0.1, 0.15) is 0 Å². The molecule has 0 aliphatic heterocycles. The zero-order valence-electron chi connectivity index (χ0n) is 19.7. The van der Waals surface area contributed by atoms with Gasteiger partial charge in [-0.15, -0.1) is 0 Å². The highest BCUT2D eigenvalue weighted by Gasteiger charge is 2.60. The fourth-order valence-electron chi connectivity index (χ4n) is 5.32. The number of ether oxygens (including phenoxy) is 1. The van der Waals surface area contributed by atoms with E-state index in [1.807, 2.05) is 19.9 Å². The Morgan fingerprint density at radius 1 is 1.13 bits per heavy atom. The first-order chi connectivity index (χ1) is 13.9. The van der Waals surface area contributed by atoms with E-state index in [2.05, 4.69) is 58.9 Å². The standard InChI is InChI=1S/C27H38O3/c1-8-30-17-23-21(11-9-18(2)15-24(28)29)27(23,7)19-10-12-20-22(16-19)26(5,6)14-13-25(20,3)4/h9-12,15-16,21,23H,8,13-14,17H2,1-7H3,(H,28,29)/b11-9+,18-15+/t21-,23+,27-/m1/s1. The van der Waals surface area contributed by atoms with Gasteiger partial charge in [0, 0.05) is 18.1 Å². The minimum Gasteiger partial charge on any atom is -0.478 e. The zero-order valence-corrected chi connectivity index (χ0v) is 19.7. The fourth-order valence-corrected chi connectivity index (χ4v) is 5.32. The number of hydrogen-bond donors (Lipinski definition) is 1. The van der Waals surface area contributed by atoms with E-state index < -0.39 is 5.97 Å². The Kier molecular flexibility index (Phi) is 6.08. The Morgan fingerprint density at radius 3 is 2.37 bits per heavy atom. The van der Waals surface area contributed by atoms with E-state index >= 15 is 0 Å². The Morgan fingerprint density at radius 2 is 1.77 bits per heavy atom. The molecule has 0 radical (unpaired) electrons. The number of carbonyl (C=O) groups is 1. The molecule has 0 spiro atoms. The molecule has 1 aromatic carbocycles. The van der Waals surface area contributed by atoms with Crippen molar-refractivity contribution in [2.24, 2.45) is 11.8 Å². The molecule has 0 amide bonds. The summed E-state index contributed by atoms with van der Waals surface area (Å²) in [4.78, 5) is 10.9. The predicted octanol–water partition coefficient (Wildman–Crippen LogP) is 6.16. The van der Waals surface area contributed by atoms with Gasteiger partial charge in [0.25, 0.3) is 0 Å². The van der Waals surface area contributed by atoms with Crippen LogP contribution in [-0.4, -0.2) is 24.3 Å². The van der Waals surface area contributed by atoms with Crippen molar-refractivity contribution in [2.75, 3.05) is 13.2 Å². The minimum atomic E-state index is -0.902. The monoisotopic (exact) mass is 410 g/mol. The van der Waals surface area contributed by atoms with Crippen LogP contribution in [0.1, 0.15) is 78.0 Å². The van der Waals surface area contributed by atoms with Crippen LogP contribution in [0, 0.1) is 11.8 Å². The van der Waals surface area contributed by atoms with E-state index in [-0.39, 0.29) is 16.2 Å². The Hall–Kier alpha value is -1.87. The SMILES string of the molecule is CCOC[C@H]1[C@@H](/C=C/C(C)=C/C(=O)O)[C@@]1(C)c1ccc2c(c1)C(C)(C)CCC2(C)C. The maximum atomic E-state index is 10.9. The average molecular weight is 411 g/mol. The minimum absolute atomic E-state index is 0.0157. The summed E-state index contributed by atoms with van der Waals surface area (Å²) in [6, 6.07) is 7.15. The van der Waals surface area contributed by atoms with Gasteiger partial charge in [-0.05, 0) is 71.6 Å². The van der Waals surface area contributed by atoms with Crippen molar-refractivity contribution in [1.82, 2.24) is 0 Å². The van der Waals surface area contributed by atoms with Crippen molar-refractivity contribution < 1.29 is 14.6 Å². The largest absolute Gasteiger partial charge is 0.478 e. The highest BCUT2D eigenvalue weighted by molar-refractivity contribution is 5.81. The summed E-state index contributed by atoms with van der Waals surface area (Å²) in [6.45, 7) is 17.1. The van der Waals surface area contributed by atoms with E-state index in [0.717, 1.165) is 12.2 Å². The topological polar surface area (TPSA) is 46.5 Å². The van der Waals surface area contributed by atoms with Gasteiger partial charge in [-0.25, -0.2) is 4.79 Å². The number of benzene rings is 1. The van der Waals surface area contributed by atoms with Crippen LogP contribution in [0.5, 0.6) is 0 Å². The summed E-state index contributed by atoms with van der Waals surface area (Å²) >= 11 is 0. The smallest absolute Gasteiger partial charge is 0.328 e. The number of rotatable bonds is 7. The summed E-state index contributed by atoms with van der Waals surface area (Å²) < 4.78 is 5.82. The third kappa shape index (κ3) is 4.14. The van der Waals surface area contributed by atoms with Crippen molar-refractivity contribution in [3.05, 3.63) is 58.7 Å². The molecule has 0 saturated heterocycles. The lowest BCUT2D eigenvalue weighted by Gasteiger charge is -2.42. The van der Waals surface area contributed by atoms with Crippen LogP contribution >= 0.6 is 0 Å².